The molecule has 4 rings (SSSR count). The lowest BCUT2D eigenvalue weighted by Gasteiger charge is -2.27. The molecule has 164 valence electrons. The van der Waals surface area contributed by atoms with Gasteiger partial charge in [0.15, 0.2) is 0 Å². The van der Waals surface area contributed by atoms with Gasteiger partial charge >= 0.3 is 0 Å². The van der Waals surface area contributed by atoms with Crippen LogP contribution in [-0.4, -0.2) is 35.9 Å². The molecule has 1 aliphatic rings. The van der Waals surface area contributed by atoms with E-state index in [1.54, 1.807) is 0 Å². The predicted octanol–water partition coefficient (Wildman–Crippen LogP) is 5.92. The molecule has 3 aromatic rings. The Balaban J connectivity index is 1.44. The molecule has 0 spiro atoms. The number of nitrogens with one attached hydrogen (secondary N) is 2. The Morgan fingerprint density at radius 2 is 1.87 bits per heavy atom. The number of hydrogen-bond donors (Lipinski definition) is 2. The Kier molecular flexibility index (Phi) is 6.71. The van der Waals surface area contributed by atoms with E-state index in [-0.39, 0.29) is 11.7 Å². The Labute approximate surface area is 183 Å². The van der Waals surface area contributed by atoms with Crippen LogP contribution < -0.4 is 5.32 Å². The molecule has 0 aliphatic heterocycles. The van der Waals surface area contributed by atoms with E-state index in [2.05, 4.69) is 29.2 Å². The lowest BCUT2D eigenvalue weighted by atomic mass is 9.89. The number of anilines is 1. The molecule has 31 heavy (non-hydrogen) atoms. The van der Waals surface area contributed by atoms with Gasteiger partial charge in [-0.2, -0.15) is 0 Å². The summed E-state index contributed by atoms with van der Waals surface area (Å²) in [6, 6.07) is 11.5. The molecule has 0 saturated heterocycles. The highest BCUT2D eigenvalue weighted by molar-refractivity contribution is 6.05. The van der Waals surface area contributed by atoms with E-state index in [9.17, 15) is 9.18 Å². The largest absolute Gasteiger partial charge is 0.358 e. The monoisotopic (exact) mass is 421 g/mol. The maximum absolute atomic E-state index is 13.1. The van der Waals surface area contributed by atoms with Crippen LogP contribution in [-0.2, 0) is 6.42 Å². The van der Waals surface area contributed by atoms with Gasteiger partial charge in [-0.1, -0.05) is 19.3 Å². The van der Waals surface area contributed by atoms with Crippen molar-refractivity contribution in [3.63, 3.8) is 0 Å². The number of H-pyrrole nitrogens is 1. The Hall–Kier alpha value is -2.66. The van der Waals surface area contributed by atoms with Gasteiger partial charge in [0.25, 0.3) is 5.91 Å². The third-order valence-electron chi connectivity index (χ3n) is 6.52. The summed E-state index contributed by atoms with van der Waals surface area (Å²) >= 11 is 0. The molecule has 1 saturated carbocycles. The van der Waals surface area contributed by atoms with E-state index in [0.717, 1.165) is 35.5 Å². The number of fused-ring (bicyclic) bond motifs is 1. The summed E-state index contributed by atoms with van der Waals surface area (Å²) in [5.74, 6) is 0.260. The van der Waals surface area contributed by atoms with Crippen LogP contribution in [0.5, 0.6) is 0 Å². The predicted molar refractivity (Wildman–Crippen MR) is 125 cm³/mol. The van der Waals surface area contributed by atoms with Crippen LogP contribution in [0.4, 0.5) is 10.1 Å². The molecule has 0 unspecified atom stereocenters. The number of aromatic amines is 1. The van der Waals surface area contributed by atoms with Gasteiger partial charge in [-0.05, 0) is 87.2 Å². The fourth-order valence-electron chi connectivity index (χ4n) is 4.79. The molecule has 5 heteroatoms. The molecule has 2 N–H and O–H groups in total. The van der Waals surface area contributed by atoms with E-state index in [1.807, 2.05) is 18.2 Å². The summed E-state index contributed by atoms with van der Waals surface area (Å²) in [6.07, 6.45) is 7.87. The van der Waals surface area contributed by atoms with E-state index in [0.29, 0.717) is 5.56 Å². The second-order valence-electron chi connectivity index (χ2n) is 8.97. The average Bonchev–Trinajstić information content (AvgIpc) is 3.07. The smallest absolute Gasteiger partial charge is 0.255 e. The highest BCUT2D eigenvalue weighted by Gasteiger charge is 2.16. The van der Waals surface area contributed by atoms with Gasteiger partial charge in [0.05, 0.1) is 0 Å². The average molecular weight is 422 g/mol. The van der Waals surface area contributed by atoms with E-state index >= 15 is 0 Å². The second-order valence-corrected chi connectivity index (χ2v) is 8.97. The summed E-state index contributed by atoms with van der Waals surface area (Å²) in [5.41, 5.74) is 4.77. The van der Waals surface area contributed by atoms with Crippen LogP contribution in [0.2, 0.25) is 0 Å². The van der Waals surface area contributed by atoms with Gasteiger partial charge in [0.1, 0.15) is 5.82 Å². The molecule has 1 aliphatic carbocycles. The van der Waals surface area contributed by atoms with Crippen LogP contribution in [0.25, 0.3) is 10.9 Å². The van der Waals surface area contributed by atoms with E-state index in [4.69, 9.17) is 0 Å². The van der Waals surface area contributed by atoms with E-state index < -0.39 is 0 Å². The number of benzene rings is 2. The Morgan fingerprint density at radius 3 is 2.61 bits per heavy atom. The molecule has 1 heterocycles. The first-order valence-corrected chi connectivity index (χ1v) is 11.4. The van der Waals surface area contributed by atoms with Crippen molar-refractivity contribution in [3.8, 4) is 0 Å². The van der Waals surface area contributed by atoms with Crippen molar-refractivity contribution in [2.75, 3.05) is 25.5 Å². The van der Waals surface area contributed by atoms with Crippen LogP contribution in [0, 0.1) is 18.7 Å². The number of aromatic nitrogens is 1. The maximum atomic E-state index is 13.1. The van der Waals surface area contributed by atoms with Gasteiger partial charge in [-0.3, -0.25) is 4.79 Å². The van der Waals surface area contributed by atoms with Crippen molar-refractivity contribution in [2.45, 2.75) is 45.4 Å². The van der Waals surface area contributed by atoms with Crippen LogP contribution in [0.3, 0.4) is 0 Å². The third-order valence-corrected chi connectivity index (χ3v) is 6.52. The number of carbonyl (C=O) groups is 1. The second kappa shape index (κ2) is 9.65. The van der Waals surface area contributed by atoms with Crippen LogP contribution in [0.1, 0.15) is 53.7 Å². The number of aryl methyl sites for hydroxylation is 1. The standard InChI is InChI=1S/C26H32FN3O/c1-18-23(14-15-30(2)17-19-6-4-3-5-7-19)24-16-22(12-13-25(24)28-18)29-26(31)20-8-10-21(27)11-9-20/h8-13,16,19,28H,3-7,14-15,17H2,1-2H3,(H,29,31). The first-order valence-electron chi connectivity index (χ1n) is 11.4. The number of likely N-dealkylation sites (N-methyl/N-ethyl adjacent to an activating group) is 1. The molecule has 4 nitrogen and oxygen atoms in total. The van der Waals surface area contributed by atoms with E-state index in [1.165, 1.54) is 74.2 Å². The van der Waals surface area contributed by atoms with Crippen molar-refractivity contribution in [2.24, 2.45) is 5.92 Å². The third kappa shape index (κ3) is 5.34. The van der Waals surface area contributed by atoms with Crippen molar-refractivity contribution in [3.05, 3.63) is 65.1 Å². The number of nitrogens with zero attached hydrogens (tertiary/aromatic N) is 1. The molecule has 1 amide bonds. The Bertz CT molecular complexity index is 1030. The first-order chi connectivity index (χ1) is 15.0. The van der Waals surface area contributed by atoms with Crippen molar-refractivity contribution < 1.29 is 9.18 Å². The van der Waals surface area contributed by atoms with Gasteiger partial charge in [0, 0.05) is 40.9 Å². The summed E-state index contributed by atoms with van der Waals surface area (Å²) in [5, 5.41) is 4.09. The van der Waals surface area contributed by atoms with Gasteiger partial charge < -0.3 is 15.2 Å². The highest BCUT2D eigenvalue weighted by atomic mass is 19.1. The Morgan fingerprint density at radius 1 is 1.13 bits per heavy atom. The van der Waals surface area contributed by atoms with Crippen LogP contribution in [0.15, 0.2) is 42.5 Å². The van der Waals surface area contributed by atoms with Gasteiger partial charge in [-0.25, -0.2) is 4.39 Å². The zero-order valence-corrected chi connectivity index (χ0v) is 18.5. The molecular formula is C26H32FN3O. The molecule has 0 atom stereocenters. The molecule has 0 radical (unpaired) electrons. The maximum Gasteiger partial charge on any atom is 0.255 e. The summed E-state index contributed by atoms with van der Waals surface area (Å²) in [7, 11) is 2.23. The molecule has 2 aromatic carbocycles. The number of halogens is 1. The zero-order valence-electron chi connectivity index (χ0n) is 18.5. The molecule has 0 bridgehead atoms. The molecule has 1 fully saturated rings. The lowest BCUT2D eigenvalue weighted by Crippen LogP contribution is -2.28. The number of carbonyl (C=O) groups excluding carboxylic acids is 1. The lowest BCUT2D eigenvalue weighted by molar-refractivity contribution is 0.102. The van der Waals surface area contributed by atoms with Crippen LogP contribution >= 0.6 is 0 Å². The quantitative estimate of drug-likeness (QED) is 0.497. The van der Waals surface area contributed by atoms with Crippen molar-refractivity contribution in [1.82, 2.24) is 9.88 Å². The van der Waals surface area contributed by atoms with Crippen molar-refractivity contribution >= 4 is 22.5 Å². The first kappa shape index (κ1) is 21.6. The van der Waals surface area contributed by atoms with Gasteiger partial charge in [0.2, 0.25) is 0 Å². The zero-order chi connectivity index (χ0) is 21.8. The molecule has 1 aromatic heterocycles. The summed E-state index contributed by atoms with van der Waals surface area (Å²) in [4.78, 5) is 18.5. The minimum atomic E-state index is -0.348. The topological polar surface area (TPSA) is 48.1 Å². The minimum Gasteiger partial charge on any atom is -0.358 e. The van der Waals surface area contributed by atoms with Crippen molar-refractivity contribution in [1.29, 1.82) is 0 Å². The number of hydrogen-bond acceptors (Lipinski definition) is 2. The normalized spacial score (nSPS) is 15.0. The fraction of sp³-hybridized carbons (Fsp3) is 0.423. The number of rotatable bonds is 7. The number of amides is 1. The highest BCUT2D eigenvalue weighted by Crippen LogP contribution is 2.27. The fourth-order valence-corrected chi connectivity index (χ4v) is 4.79. The molecular weight excluding hydrogens is 389 g/mol. The minimum absolute atomic E-state index is 0.236. The summed E-state index contributed by atoms with van der Waals surface area (Å²) in [6.45, 7) is 4.32. The van der Waals surface area contributed by atoms with Gasteiger partial charge in [-0.15, -0.1) is 0 Å². The SMILES string of the molecule is Cc1[nH]c2ccc(NC(=O)c3ccc(F)cc3)cc2c1CCN(C)CC1CCCCC1. The summed E-state index contributed by atoms with van der Waals surface area (Å²) < 4.78 is 13.1.